The van der Waals surface area contributed by atoms with E-state index in [1.54, 1.807) is 0 Å². The first-order chi connectivity index (χ1) is 8.79. The van der Waals surface area contributed by atoms with Gasteiger partial charge >= 0.3 is 0 Å². The van der Waals surface area contributed by atoms with Gasteiger partial charge in [0.25, 0.3) is 0 Å². The van der Waals surface area contributed by atoms with Gasteiger partial charge in [0.1, 0.15) is 0 Å². The highest BCUT2D eigenvalue weighted by Gasteiger charge is 2.80. The quantitative estimate of drug-likeness (QED) is 0.667. The molecule has 3 aliphatic carbocycles. The molecule has 1 heterocycles. The predicted octanol–water partition coefficient (Wildman–Crippen LogP) is 3.98. The van der Waals surface area contributed by atoms with Crippen molar-refractivity contribution in [1.29, 1.82) is 0 Å². The Morgan fingerprint density at radius 1 is 1.21 bits per heavy atom. The first-order valence-electron chi connectivity index (χ1n) is 7.74. The fourth-order valence-electron chi connectivity index (χ4n) is 5.08. The second-order valence-corrected chi connectivity index (χ2v) is 8.64. The first-order valence-corrected chi connectivity index (χ1v) is 8.66. The van der Waals surface area contributed by atoms with Gasteiger partial charge < -0.3 is 4.90 Å². The first kappa shape index (κ1) is 13.9. The Bertz CT molecular complexity index is 421. The van der Waals surface area contributed by atoms with Crippen LogP contribution in [0.1, 0.15) is 59.8 Å². The van der Waals surface area contributed by atoms with Crippen molar-refractivity contribution in [3.63, 3.8) is 0 Å². The molecule has 4 fully saturated rings. The third kappa shape index (κ3) is 1.36. The third-order valence-electron chi connectivity index (χ3n) is 7.02. The van der Waals surface area contributed by atoms with Gasteiger partial charge in [0.2, 0.25) is 5.91 Å². The van der Waals surface area contributed by atoms with Gasteiger partial charge in [-0.1, -0.05) is 36.7 Å². The fourth-order valence-corrected chi connectivity index (χ4v) is 6.88. The van der Waals surface area contributed by atoms with Crippen LogP contribution in [0, 0.1) is 16.2 Å². The molecule has 4 aliphatic rings. The summed E-state index contributed by atoms with van der Waals surface area (Å²) in [5.41, 5.74) is 0.275. The SMILES string of the molecule is CC1CCCCN1C(=O)C12CCC(C)(C1Br)C2(C)C. The van der Waals surface area contributed by atoms with E-state index in [9.17, 15) is 4.79 Å². The molecule has 0 aromatic rings. The average Bonchev–Trinajstić information content (AvgIpc) is 2.77. The molecule has 0 N–H and O–H groups in total. The van der Waals surface area contributed by atoms with Crippen LogP contribution in [0.5, 0.6) is 0 Å². The Kier molecular flexibility index (Phi) is 2.92. The number of likely N-dealkylation sites (tertiary alicyclic amines) is 1. The molecule has 4 atom stereocenters. The standard InChI is InChI=1S/C16H26BrNO/c1-11-7-5-6-10-18(11)13(19)16-9-8-15(4,12(16)17)14(16,2)3/h11-12H,5-10H2,1-4H3. The van der Waals surface area contributed by atoms with Gasteiger partial charge in [0.15, 0.2) is 0 Å². The van der Waals surface area contributed by atoms with Crippen LogP contribution in [0.3, 0.4) is 0 Å². The Hall–Kier alpha value is -0.0500. The minimum atomic E-state index is -0.145. The van der Waals surface area contributed by atoms with E-state index in [0.717, 1.165) is 13.0 Å². The lowest BCUT2D eigenvalue weighted by molar-refractivity contribution is -0.176. The number of fused-ring (bicyclic) bond motifs is 1. The van der Waals surface area contributed by atoms with Crippen molar-refractivity contribution in [2.75, 3.05) is 6.54 Å². The summed E-state index contributed by atoms with van der Waals surface area (Å²) in [7, 11) is 0. The molecule has 4 rings (SSSR count). The molecule has 1 amide bonds. The van der Waals surface area contributed by atoms with Gasteiger partial charge in [-0.15, -0.1) is 0 Å². The van der Waals surface area contributed by atoms with Crippen LogP contribution in [0.2, 0.25) is 0 Å². The maximum absolute atomic E-state index is 13.2. The normalized spacial score (nSPS) is 47.9. The van der Waals surface area contributed by atoms with Gasteiger partial charge in [-0.2, -0.15) is 0 Å². The topological polar surface area (TPSA) is 20.3 Å². The minimum Gasteiger partial charge on any atom is -0.339 e. The lowest BCUT2D eigenvalue weighted by Crippen LogP contribution is -2.70. The molecule has 0 spiro atoms. The number of rotatable bonds is 1. The van der Waals surface area contributed by atoms with Crippen LogP contribution in [0.25, 0.3) is 0 Å². The van der Waals surface area contributed by atoms with Crippen LogP contribution in [0.15, 0.2) is 0 Å². The zero-order chi connectivity index (χ0) is 14.1. The van der Waals surface area contributed by atoms with Crippen molar-refractivity contribution in [1.82, 2.24) is 4.90 Å². The summed E-state index contributed by atoms with van der Waals surface area (Å²) in [5.74, 6) is 0.432. The molecule has 19 heavy (non-hydrogen) atoms. The number of carbonyl (C=O) groups is 1. The van der Waals surface area contributed by atoms with Gasteiger partial charge in [0.05, 0.1) is 5.41 Å². The van der Waals surface area contributed by atoms with Crippen LogP contribution in [-0.2, 0) is 4.79 Å². The molecule has 1 aliphatic heterocycles. The van der Waals surface area contributed by atoms with E-state index in [0.29, 0.717) is 22.2 Å². The molecule has 0 radical (unpaired) electrons. The van der Waals surface area contributed by atoms with Crippen molar-refractivity contribution in [2.45, 2.75) is 70.7 Å². The molecule has 3 saturated carbocycles. The lowest BCUT2D eigenvalue weighted by atomic mass is 9.43. The van der Waals surface area contributed by atoms with Crippen LogP contribution in [0.4, 0.5) is 0 Å². The number of piperidine rings is 1. The lowest BCUT2D eigenvalue weighted by Gasteiger charge is -2.65. The molecule has 0 aromatic carbocycles. The monoisotopic (exact) mass is 327 g/mol. The third-order valence-corrected chi connectivity index (χ3v) is 8.81. The van der Waals surface area contributed by atoms with Crippen molar-refractivity contribution in [3.05, 3.63) is 0 Å². The predicted molar refractivity (Wildman–Crippen MR) is 81.3 cm³/mol. The van der Waals surface area contributed by atoms with Gasteiger partial charge in [-0.25, -0.2) is 0 Å². The molecule has 3 heteroatoms. The number of carbonyl (C=O) groups excluding carboxylic acids is 1. The Labute approximate surface area is 125 Å². The molecule has 2 nitrogen and oxygen atoms in total. The summed E-state index contributed by atoms with van der Waals surface area (Å²) in [6, 6.07) is 0.429. The molecule has 108 valence electrons. The molecular weight excluding hydrogens is 302 g/mol. The molecule has 2 bridgehead atoms. The highest BCUT2D eigenvalue weighted by molar-refractivity contribution is 9.09. The van der Waals surface area contributed by atoms with E-state index in [2.05, 4.69) is 48.5 Å². The van der Waals surface area contributed by atoms with Gasteiger partial charge in [-0.3, -0.25) is 4.79 Å². The highest BCUT2D eigenvalue weighted by atomic mass is 79.9. The number of amides is 1. The zero-order valence-corrected chi connectivity index (χ0v) is 14.2. The molecule has 1 saturated heterocycles. The fraction of sp³-hybridized carbons (Fsp3) is 0.938. The van der Waals surface area contributed by atoms with Crippen LogP contribution in [-0.4, -0.2) is 28.2 Å². The van der Waals surface area contributed by atoms with Crippen molar-refractivity contribution >= 4 is 21.8 Å². The van der Waals surface area contributed by atoms with E-state index in [1.165, 1.54) is 25.7 Å². The highest BCUT2D eigenvalue weighted by Crippen LogP contribution is 2.80. The second-order valence-electron chi connectivity index (χ2n) is 7.72. The average molecular weight is 328 g/mol. The number of halogens is 1. The molecule has 0 aromatic heterocycles. The summed E-state index contributed by atoms with van der Waals surface area (Å²) < 4.78 is 0. The molecule has 4 unspecified atom stereocenters. The smallest absolute Gasteiger partial charge is 0.230 e. The van der Waals surface area contributed by atoms with E-state index < -0.39 is 0 Å². The summed E-state index contributed by atoms with van der Waals surface area (Å²) in [6.07, 6.45) is 5.87. The Balaban J connectivity index is 1.92. The maximum Gasteiger partial charge on any atom is 0.230 e. The number of alkyl halides is 1. The van der Waals surface area contributed by atoms with E-state index in [4.69, 9.17) is 0 Å². The van der Waals surface area contributed by atoms with Gasteiger partial charge in [0, 0.05) is 17.4 Å². The van der Waals surface area contributed by atoms with Crippen molar-refractivity contribution < 1.29 is 4.79 Å². The number of hydrogen-bond acceptors (Lipinski definition) is 1. The number of nitrogens with zero attached hydrogens (tertiary/aromatic N) is 1. The minimum absolute atomic E-state index is 0.127. The van der Waals surface area contributed by atoms with Crippen molar-refractivity contribution in [2.24, 2.45) is 16.2 Å². The van der Waals surface area contributed by atoms with E-state index >= 15 is 0 Å². The van der Waals surface area contributed by atoms with Gasteiger partial charge in [-0.05, 0) is 49.9 Å². The Morgan fingerprint density at radius 3 is 2.37 bits per heavy atom. The van der Waals surface area contributed by atoms with Crippen LogP contribution < -0.4 is 0 Å². The Morgan fingerprint density at radius 2 is 1.89 bits per heavy atom. The summed E-state index contributed by atoms with van der Waals surface area (Å²) in [5, 5.41) is 0. The van der Waals surface area contributed by atoms with Crippen molar-refractivity contribution in [3.8, 4) is 0 Å². The van der Waals surface area contributed by atoms with Crippen LogP contribution >= 0.6 is 15.9 Å². The second kappa shape index (κ2) is 3.99. The summed E-state index contributed by atoms with van der Waals surface area (Å²) in [6.45, 7) is 10.2. The summed E-state index contributed by atoms with van der Waals surface area (Å²) in [4.78, 5) is 15.8. The maximum atomic E-state index is 13.2. The summed E-state index contributed by atoms with van der Waals surface area (Å²) >= 11 is 3.88. The largest absolute Gasteiger partial charge is 0.339 e. The zero-order valence-electron chi connectivity index (χ0n) is 12.6. The van der Waals surface area contributed by atoms with E-state index in [-0.39, 0.29) is 10.8 Å². The van der Waals surface area contributed by atoms with E-state index in [1.807, 2.05) is 0 Å². The number of hydrogen-bond donors (Lipinski definition) is 0. The molecular formula is C16H26BrNO.